The van der Waals surface area contributed by atoms with Crippen LogP contribution in [0, 0.1) is 0 Å². The molecular weight excluding hydrogens is 556 g/mol. The third-order valence-electron chi connectivity index (χ3n) is 7.27. The fourth-order valence-corrected chi connectivity index (χ4v) is 5.03. The molecule has 1 aromatic carbocycles. The lowest BCUT2D eigenvalue weighted by atomic mass is 9.99. The van der Waals surface area contributed by atoms with Gasteiger partial charge in [0.25, 0.3) is 11.8 Å². The van der Waals surface area contributed by atoms with E-state index in [1.165, 1.54) is 31.4 Å². The zero-order valence-corrected chi connectivity index (χ0v) is 23.9. The first-order chi connectivity index (χ1) is 19.6. The largest absolute Gasteiger partial charge is 0.496 e. The second-order valence-corrected chi connectivity index (χ2v) is 10.9. The van der Waals surface area contributed by atoms with Gasteiger partial charge in [0.15, 0.2) is 22.4 Å². The number of rotatable bonds is 9. The van der Waals surface area contributed by atoms with E-state index in [9.17, 15) is 14.4 Å². The van der Waals surface area contributed by atoms with Crippen LogP contribution >= 0.6 is 11.6 Å². The van der Waals surface area contributed by atoms with Gasteiger partial charge >= 0.3 is 0 Å². The van der Waals surface area contributed by atoms with E-state index in [0.29, 0.717) is 29.5 Å². The number of pyridine rings is 1. The van der Waals surface area contributed by atoms with Crippen LogP contribution in [0.4, 0.5) is 0 Å². The van der Waals surface area contributed by atoms with Gasteiger partial charge in [-0.15, -0.1) is 0 Å². The minimum absolute atomic E-state index is 0.0631. The van der Waals surface area contributed by atoms with Gasteiger partial charge in [-0.05, 0) is 32.0 Å². The second-order valence-electron chi connectivity index (χ2n) is 10.5. The van der Waals surface area contributed by atoms with Crippen molar-refractivity contribution < 1.29 is 37.7 Å². The smallest absolute Gasteiger partial charge is 0.294 e. The number of aromatic nitrogens is 1. The van der Waals surface area contributed by atoms with Crippen molar-refractivity contribution in [2.24, 2.45) is 0 Å². The van der Waals surface area contributed by atoms with E-state index in [0.717, 1.165) is 0 Å². The highest BCUT2D eigenvalue weighted by molar-refractivity contribution is 6.31. The van der Waals surface area contributed by atoms with E-state index < -0.39 is 22.9 Å². The van der Waals surface area contributed by atoms with Crippen molar-refractivity contribution in [3.8, 4) is 11.5 Å². The maximum Gasteiger partial charge on any atom is 0.294 e. The first-order valence-corrected chi connectivity index (χ1v) is 13.3. The highest BCUT2D eigenvalue weighted by Crippen LogP contribution is 2.38. The highest BCUT2D eigenvalue weighted by Gasteiger charge is 2.48. The van der Waals surface area contributed by atoms with Crippen LogP contribution in [0.2, 0.25) is 5.02 Å². The maximum absolute atomic E-state index is 13.9. The molecule has 2 aliphatic rings. The standard InChI is InChI=1S/C28H31ClN4O8/c1-27(13-39-14-27)32-24(34)16-10-20-21(30-11-16)22-23(41-20)25(35)33(8-9-37-3)28(2,15-40-22)26(36)31-12-17-18(29)6-5-7-19(17)38-4/h5-7,10-11H,8-9,12-15H2,1-4H3,(H,31,36)(H,32,34). The van der Waals surface area contributed by atoms with Crippen molar-refractivity contribution in [2.75, 3.05) is 47.2 Å². The molecule has 0 bridgehead atoms. The Hall–Kier alpha value is -3.87. The van der Waals surface area contributed by atoms with Crippen LogP contribution in [0.15, 0.2) is 34.9 Å². The topological polar surface area (TPSA) is 141 Å². The van der Waals surface area contributed by atoms with E-state index in [1.54, 1.807) is 25.1 Å². The van der Waals surface area contributed by atoms with Crippen LogP contribution in [-0.2, 0) is 20.8 Å². The number of fused-ring (bicyclic) bond motifs is 3. The Labute approximate surface area is 241 Å². The van der Waals surface area contributed by atoms with Gasteiger partial charge in [-0.25, -0.2) is 4.98 Å². The number of nitrogens with one attached hydrogen (secondary N) is 2. The molecular formula is C28H31ClN4O8. The van der Waals surface area contributed by atoms with Crippen molar-refractivity contribution in [2.45, 2.75) is 31.5 Å². The Morgan fingerprint density at radius 1 is 1.20 bits per heavy atom. The molecule has 1 unspecified atom stereocenters. The zero-order valence-electron chi connectivity index (χ0n) is 23.2. The minimum atomic E-state index is -1.45. The summed E-state index contributed by atoms with van der Waals surface area (Å²) in [6.45, 7) is 4.43. The fourth-order valence-electron chi connectivity index (χ4n) is 4.80. The van der Waals surface area contributed by atoms with Gasteiger partial charge in [-0.2, -0.15) is 0 Å². The molecule has 1 saturated heterocycles. The molecule has 2 N–H and O–H groups in total. The van der Waals surface area contributed by atoms with Gasteiger partial charge in [-0.3, -0.25) is 14.4 Å². The lowest BCUT2D eigenvalue weighted by Crippen LogP contribution is -2.61. The summed E-state index contributed by atoms with van der Waals surface area (Å²) in [5.74, 6) is -0.894. The van der Waals surface area contributed by atoms with Crippen molar-refractivity contribution in [3.63, 3.8) is 0 Å². The van der Waals surface area contributed by atoms with E-state index in [4.69, 9.17) is 35.0 Å². The number of halogens is 1. The Morgan fingerprint density at radius 3 is 2.66 bits per heavy atom. The van der Waals surface area contributed by atoms with Gasteiger partial charge in [-0.1, -0.05) is 17.7 Å². The Kier molecular flexibility index (Phi) is 7.82. The molecule has 3 amide bonds. The molecule has 1 atom stereocenters. The number of furan rings is 1. The molecule has 1 fully saturated rings. The molecule has 0 saturated carbocycles. The monoisotopic (exact) mass is 586 g/mol. The summed E-state index contributed by atoms with van der Waals surface area (Å²) < 4.78 is 27.8. The Morgan fingerprint density at radius 2 is 1.98 bits per heavy atom. The van der Waals surface area contributed by atoms with Crippen LogP contribution in [0.1, 0.15) is 40.3 Å². The molecule has 0 aliphatic carbocycles. The van der Waals surface area contributed by atoms with Crippen molar-refractivity contribution >= 4 is 40.4 Å². The van der Waals surface area contributed by atoms with E-state index >= 15 is 0 Å². The van der Waals surface area contributed by atoms with Crippen LogP contribution in [0.25, 0.3) is 11.1 Å². The molecule has 0 spiro atoms. The summed E-state index contributed by atoms with van der Waals surface area (Å²) >= 11 is 6.35. The van der Waals surface area contributed by atoms with E-state index in [-0.39, 0.29) is 60.4 Å². The van der Waals surface area contributed by atoms with E-state index in [1.807, 2.05) is 6.92 Å². The molecule has 3 aromatic rings. The third-order valence-corrected chi connectivity index (χ3v) is 7.62. The number of ether oxygens (including phenoxy) is 4. The molecule has 13 heteroatoms. The van der Waals surface area contributed by atoms with Crippen molar-refractivity contribution in [1.29, 1.82) is 0 Å². The quantitative estimate of drug-likeness (QED) is 0.387. The summed E-state index contributed by atoms with van der Waals surface area (Å²) in [5.41, 5.74) is -0.569. The number of hydrogen-bond acceptors (Lipinski definition) is 9. The SMILES string of the molecule is COCCN1C(=O)c2oc3cc(C(=O)NC4(C)COC4)cnc3c2OCC1(C)C(=O)NCc1c(Cl)cccc1OC. The van der Waals surface area contributed by atoms with Gasteiger partial charge in [0.1, 0.15) is 12.4 Å². The average molecular weight is 587 g/mol. The summed E-state index contributed by atoms with van der Waals surface area (Å²) in [5, 5.41) is 6.21. The molecule has 2 aliphatic heterocycles. The third kappa shape index (κ3) is 5.30. The maximum atomic E-state index is 13.9. The molecule has 0 radical (unpaired) electrons. The number of amides is 3. The van der Waals surface area contributed by atoms with Crippen LogP contribution in [-0.4, -0.2) is 85.9 Å². The number of nitrogens with zero attached hydrogens (tertiary/aromatic N) is 2. The molecule has 5 rings (SSSR count). The number of hydrogen-bond donors (Lipinski definition) is 2. The van der Waals surface area contributed by atoms with Gasteiger partial charge in [0.2, 0.25) is 11.7 Å². The summed E-state index contributed by atoms with van der Waals surface area (Å²) in [4.78, 5) is 46.1. The zero-order chi connectivity index (χ0) is 29.4. The molecule has 2 aromatic heterocycles. The van der Waals surface area contributed by atoms with Gasteiger partial charge in [0, 0.05) is 37.0 Å². The normalized spacial score (nSPS) is 19.5. The fraction of sp³-hybridized carbons (Fsp3) is 0.429. The van der Waals surface area contributed by atoms with Crippen molar-refractivity contribution in [3.05, 3.63) is 52.4 Å². The van der Waals surface area contributed by atoms with Gasteiger partial charge < -0.3 is 38.9 Å². The minimum Gasteiger partial charge on any atom is -0.496 e. The lowest BCUT2D eigenvalue weighted by molar-refractivity contribution is -0.133. The second kappa shape index (κ2) is 11.2. The first-order valence-electron chi connectivity index (χ1n) is 13.0. The Bertz CT molecular complexity index is 1500. The first kappa shape index (κ1) is 28.7. The Balaban J connectivity index is 1.42. The average Bonchev–Trinajstić information content (AvgIpc) is 3.27. The molecule has 12 nitrogen and oxygen atoms in total. The van der Waals surface area contributed by atoms with Gasteiger partial charge in [0.05, 0.1) is 38.0 Å². The van der Waals surface area contributed by atoms with Crippen LogP contribution < -0.4 is 20.1 Å². The molecule has 218 valence electrons. The highest BCUT2D eigenvalue weighted by atomic mass is 35.5. The molecule has 4 heterocycles. The number of benzene rings is 1. The summed E-state index contributed by atoms with van der Waals surface area (Å²) in [7, 11) is 3.01. The predicted octanol–water partition coefficient (Wildman–Crippen LogP) is 2.56. The summed E-state index contributed by atoms with van der Waals surface area (Å²) in [6, 6.07) is 6.69. The lowest BCUT2D eigenvalue weighted by Gasteiger charge is -2.38. The van der Waals surface area contributed by atoms with Crippen LogP contribution in [0.3, 0.4) is 0 Å². The number of carbonyl (C=O) groups is 3. The number of carbonyl (C=O) groups excluding carboxylic acids is 3. The van der Waals surface area contributed by atoms with E-state index in [2.05, 4.69) is 15.6 Å². The summed E-state index contributed by atoms with van der Waals surface area (Å²) in [6.07, 6.45) is 1.39. The van der Waals surface area contributed by atoms with Crippen molar-refractivity contribution in [1.82, 2.24) is 20.5 Å². The van der Waals surface area contributed by atoms with Crippen LogP contribution in [0.5, 0.6) is 11.5 Å². The molecule has 41 heavy (non-hydrogen) atoms. The number of methoxy groups -OCH3 is 2. The predicted molar refractivity (Wildman–Crippen MR) is 147 cm³/mol.